The summed E-state index contributed by atoms with van der Waals surface area (Å²) in [7, 11) is 0. The van der Waals surface area contributed by atoms with Crippen LogP contribution in [0.4, 0.5) is 17.6 Å². The molecule has 0 aliphatic heterocycles. The van der Waals surface area contributed by atoms with E-state index in [1.54, 1.807) is 42.6 Å². The molecule has 0 spiro atoms. The first-order valence-corrected chi connectivity index (χ1v) is 10.0. The Labute approximate surface area is 182 Å². The van der Waals surface area contributed by atoms with Crippen LogP contribution in [-0.2, 0) is 12.8 Å². The third-order valence-corrected chi connectivity index (χ3v) is 5.16. The van der Waals surface area contributed by atoms with Crippen LogP contribution in [0.25, 0.3) is 22.0 Å². The van der Waals surface area contributed by atoms with Crippen LogP contribution < -0.4 is 4.74 Å². The summed E-state index contributed by atoms with van der Waals surface area (Å²) < 4.78 is 60.4. The van der Waals surface area contributed by atoms with Gasteiger partial charge in [0.1, 0.15) is 18.2 Å². The molecule has 0 unspecified atom stereocenters. The lowest BCUT2D eigenvalue weighted by Crippen LogP contribution is -1.99. The maximum atomic E-state index is 15.1. The van der Waals surface area contributed by atoms with Crippen molar-refractivity contribution in [3.8, 4) is 17.0 Å². The van der Waals surface area contributed by atoms with Crippen molar-refractivity contribution >= 4 is 10.8 Å². The van der Waals surface area contributed by atoms with Crippen molar-refractivity contribution in [2.24, 2.45) is 0 Å². The summed E-state index contributed by atoms with van der Waals surface area (Å²) in [6.07, 6.45) is 3.67. The van der Waals surface area contributed by atoms with E-state index in [4.69, 9.17) is 4.74 Å². The number of pyridine rings is 1. The standard InChI is InChI=1S/C26H19F4NO/c1-2-11-32-20-8-10-24(31-15-20)19-7-9-21-18(14-19)6-5-17(25(21)29)4-3-16-12-22(27)26(30)23(28)13-16/h2,5-10,12-15H,1,3-4,11H2. The first kappa shape index (κ1) is 21.6. The highest BCUT2D eigenvalue weighted by atomic mass is 19.2. The summed E-state index contributed by atoms with van der Waals surface area (Å²) in [5.41, 5.74) is 2.24. The van der Waals surface area contributed by atoms with Gasteiger partial charge in [-0.2, -0.15) is 0 Å². The van der Waals surface area contributed by atoms with Crippen LogP contribution >= 0.6 is 0 Å². The van der Waals surface area contributed by atoms with Gasteiger partial charge in [0, 0.05) is 10.9 Å². The molecule has 4 rings (SSSR count). The van der Waals surface area contributed by atoms with Crippen LogP contribution in [0.3, 0.4) is 0 Å². The number of rotatable bonds is 7. The summed E-state index contributed by atoms with van der Waals surface area (Å²) in [5.74, 6) is -3.76. The number of benzene rings is 3. The molecule has 0 bridgehead atoms. The molecule has 32 heavy (non-hydrogen) atoms. The van der Waals surface area contributed by atoms with Crippen molar-refractivity contribution in [2.45, 2.75) is 12.8 Å². The molecule has 0 saturated heterocycles. The molecule has 0 aliphatic carbocycles. The third-order valence-electron chi connectivity index (χ3n) is 5.16. The van der Waals surface area contributed by atoms with Gasteiger partial charge in [-0.1, -0.05) is 36.9 Å². The first-order chi connectivity index (χ1) is 15.5. The van der Waals surface area contributed by atoms with Gasteiger partial charge in [0.25, 0.3) is 0 Å². The Morgan fingerprint density at radius 3 is 2.31 bits per heavy atom. The first-order valence-electron chi connectivity index (χ1n) is 10.0. The summed E-state index contributed by atoms with van der Waals surface area (Å²) in [5, 5.41) is 1.14. The second-order valence-electron chi connectivity index (χ2n) is 7.33. The molecule has 162 valence electrons. The molecule has 0 N–H and O–H groups in total. The molecule has 1 heterocycles. The summed E-state index contributed by atoms with van der Waals surface area (Å²) in [4.78, 5) is 4.39. The van der Waals surface area contributed by atoms with Gasteiger partial charge in [0.15, 0.2) is 17.5 Å². The number of aryl methyl sites for hydroxylation is 2. The molecule has 6 heteroatoms. The number of ether oxygens (including phenoxy) is 1. The molecule has 2 nitrogen and oxygen atoms in total. The molecular weight excluding hydrogens is 418 g/mol. The van der Waals surface area contributed by atoms with E-state index in [0.717, 1.165) is 23.4 Å². The summed E-state index contributed by atoms with van der Waals surface area (Å²) >= 11 is 0. The lowest BCUT2D eigenvalue weighted by atomic mass is 9.98. The number of halogens is 4. The average Bonchev–Trinajstić information content (AvgIpc) is 2.81. The molecule has 0 saturated carbocycles. The molecule has 4 aromatic rings. The van der Waals surface area contributed by atoms with Crippen LogP contribution in [0.1, 0.15) is 11.1 Å². The van der Waals surface area contributed by atoms with Gasteiger partial charge in [-0.3, -0.25) is 4.98 Å². The Morgan fingerprint density at radius 2 is 1.62 bits per heavy atom. The van der Waals surface area contributed by atoms with Gasteiger partial charge in [-0.25, -0.2) is 17.6 Å². The Kier molecular flexibility index (Phi) is 6.21. The second kappa shape index (κ2) is 9.22. The molecule has 0 radical (unpaired) electrons. The van der Waals surface area contributed by atoms with E-state index in [-0.39, 0.29) is 18.4 Å². The lowest BCUT2D eigenvalue weighted by molar-refractivity contribution is 0.362. The van der Waals surface area contributed by atoms with E-state index in [1.807, 2.05) is 12.1 Å². The maximum absolute atomic E-state index is 15.1. The van der Waals surface area contributed by atoms with Crippen molar-refractivity contribution in [3.63, 3.8) is 0 Å². The highest BCUT2D eigenvalue weighted by Crippen LogP contribution is 2.28. The van der Waals surface area contributed by atoms with Crippen LogP contribution in [0.15, 0.2) is 73.4 Å². The van der Waals surface area contributed by atoms with Crippen molar-refractivity contribution in [1.29, 1.82) is 0 Å². The van der Waals surface area contributed by atoms with E-state index in [0.29, 0.717) is 28.7 Å². The molecule has 0 amide bonds. The van der Waals surface area contributed by atoms with E-state index >= 15 is 4.39 Å². The summed E-state index contributed by atoms with van der Waals surface area (Å²) in [6.45, 7) is 3.99. The maximum Gasteiger partial charge on any atom is 0.194 e. The normalized spacial score (nSPS) is 11.0. The lowest BCUT2D eigenvalue weighted by Gasteiger charge is -2.10. The minimum Gasteiger partial charge on any atom is -0.488 e. The highest BCUT2D eigenvalue weighted by molar-refractivity contribution is 5.88. The van der Waals surface area contributed by atoms with E-state index in [1.165, 1.54) is 0 Å². The Morgan fingerprint density at radius 1 is 0.844 bits per heavy atom. The van der Waals surface area contributed by atoms with Gasteiger partial charge < -0.3 is 4.74 Å². The van der Waals surface area contributed by atoms with Crippen LogP contribution in [0.5, 0.6) is 5.75 Å². The van der Waals surface area contributed by atoms with E-state index < -0.39 is 23.3 Å². The molecule has 3 aromatic carbocycles. The van der Waals surface area contributed by atoms with Gasteiger partial charge in [0.2, 0.25) is 0 Å². The SMILES string of the molecule is C=CCOc1ccc(-c2ccc3c(F)c(CCc4cc(F)c(F)c(F)c4)ccc3c2)nc1. The topological polar surface area (TPSA) is 22.1 Å². The van der Waals surface area contributed by atoms with Crippen molar-refractivity contribution in [2.75, 3.05) is 6.61 Å². The molecule has 0 atom stereocenters. The van der Waals surface area contributed by atoms with Crippen molar-refractivity contribution in [1.82, 2.24) is 4.98 Å². The predicted molar refractivity (Wildman–Crippen MR) is 117 cm³/mol. The molecule has 1 aromatic heterocycles. The molecular formula is C26H19F4NO. The van der Waals surface area contributed by atoms with Gasteiger partial charge in [0.05, 0.1) is 11.9 Å². The smallest absolute Gasteiger partial charge is 0.194 e. The van der Waals surface area contributed by atoms with Gasteiger partial charge in [-0.15, -0.1) is 0 Å². The molecule has 0 aliphatic rings. The largest absolute Gasteiger partial charge is 0.488 e. The number of fused-ring (bicyclic) bond motifs is 1. The Balaban J connectivity index is 1.55. The van der Waals surface area contributed by atoms with Crippen molar-refractivity contribution < 1.29 is 22.3 Å². The van der Waals surface area contributed by atoms with Gasteiger partial charge >= 0.3 is 0 Å². The minimum absolute atomic E-state index is 0.179. The van der Waals surface area contributed by atoms with Crippen LogP contribution in [-0.4, -0.2) is 11.6 Å². The van der Waals surface area contributed by atoms with Crippen molar-refractivity contribution in [3.05, 3.63) is 108 Å². The Bertz CT molecular complexity index is 1260. The highest BCUT2D eigenvalue weighted by Gasteiger charge is 2.13. The van der Waals surface area contributed by atoms with E-state index in [9.17, 15) is 13.2 Å². The third kappa shape index (κ3) is 4.49. The second-order valence-corrected chi connectivity index (χ2v) is 7.33. The number of nitrogens with zero attached hydrogens (tertiary/aromatic N) is 1. The minimum atomic E-state index is -1.50. The number of hydrogen-bond donors (Lipinski definition) is 0. The quantitative estimate of drug-likeness (QED) is 0.180. The fourth-order valence-corrected chi connectivity index (χ4v) is 3.51. The number of hydrogen-bond acceptors (Lipinski definition) is 2. The zero-order valence-corrected chi connectivity index (χ0v) is 17.0. The predicted octanol–water partition coefficient (Wildman–Crippen LogP) is 6.81. The zero-order chi connectivity index (χ0) is 22.7. The number of aromatic nitrogens is 1. The monoisotopic (exact) mass is 437 g/mol. The average molecular weight is 437 g/mol. The zero-order valence-electron chi connectivity index (χ0n) is 17.0. The molecule has 0 fully saturated rings. The Hall–Kier alpha value is -3.67. The fraction of sp³-hybridized carbons (Fsp3) is 0.115. The fourth-order valence-electron chi connectivity index (χ4n) is 3.51. The van der Waals surface area contributed by atoms with Gasteiger partial charge in [-0.05, 0) is 59.7 Å². The summed E-state index contributed by atoms with van der Waals surface area (Å²) in [6, 6.07) is 14.3. The van der Waals surface area contributed by atoms with Crippen LogP contribution in [0.2, 0.25) is 0 Å². The van der Waals surface area contributed by atoms with E-state index in [2.05, 4.69) is 11.6 Å². The van der Waals surface area contributed by atoms with Crippen LogP contribution in [0, 0.1) is 23.3 Å².